The predicted molar refractivity (Wildman–Crippen MR) is 104 cm³/mol. The van der Waals surface area contributed by atoms with E-state index >= 15 is 0 Å². The molecule has 0 radical (unpaired) electrons. The van der Waals surface area contributed by atoms with E-state index in [1.54, 1.807) is 16.8 Å². The zero-order valence-electron chi connectivity index (χ0n) is 14.6. The summed E-state index contributed by atoms with van der Waals surface area (Å²) in [5, 5.41) is 0. The standard InChI is InChI=1S/C20H21BrN2O2/c1-13-7-6-10-17(14(13)2)22(3)20(25)15-11-19(24)23(12-15)18-9-5-4-8-16(18)21/h4-10,15H,11-12H2,1-3H3. The van der Waals surface area contributed by atoms with E-state index in [9.17, 15) is 9.59 Å². The van der Waals surface area contributed by atoms with Gasteiger partial charge in [0.2, 0.25) is 11.8 Å². The molecule has 4 nitrogen and oxygen atoms in total. The number of benzene rings is 2. The van der Waals surface area contributed by atoms with Gasteiger partial charge in [0.15, 0.2) is 0 Å². The SMILES string of the molecule is Cc1cccc(N(C)C(=O)C2CC(=O)N(c3ccccc3Br)C2)c1C. The molecular formula is C20H21BrN2O2. The Morgan fingerprint density at radius 2 is 1.88 bits per heavy atom. The smallest absolute Gasteiger partial charge is 0.232 e. The van der Waals surface area contributed by atoms with Crippen LogP contribution in [0.4, 0.5) is 11.4 Å². The van der Waals surface area contributed by atoms with Crippen LogP contribution < -0.4 is 9.80 Å². The maximum absolute atomic E-state index is 13.0. The van der Waals surface area contributed by atoms with Gasteiger partial charge in [-0.3, -0.25) is 9.59 Å². The largest absolute Gasteiger partial charge is 0.315 e. The second-order valence-corrected chi connectivity index (χ2v) is 7.33. The van der Waals surface area contributed by atoms with Gasteiger partial charge in [-0.1, -0.05) is 24.3 Å². The number of carbonyl (C=O) groups excluding carboxylic acids is 2. The Hall–Kier alpha value is -2.14. The summed E-state index contributed by atoms with van der Waals surface area (Å²) in [5.41, 5.74) is 3.95. The lowest BCUT2D eigenvalue weighted by Gasteiger charge is -2.24. The van der Waals surface area contributed by atoms with Crippen LogP contribution in [0.15, 0.2) is 46.9 Å². The van der Waals surface area contributed by atoms with E-state index in [1.807, 2.05) is 56.3 Å². The highest BCUT2D eigenvalue weighted by Crippen LogP contribution is 2.32. The van der Waals surface area contributed by atoms with Gasteiger partial charge in [-0.25, -0.2) is 0 Å². The summed E-state index contributed by atoms with van der Waals surface area (Å²) in [5.74, 6) is -0.360. The Balaban J connectivity index is 1.81. The molecule has 0 saturated carbocycles. The van der Waals surface area contributed by atoms with E-state index in [0.29, 0.717) is 6.54 Å². The number of hydrogen-bond acceptors (Lipinski definition) is 2. The van der Waals surface area contributed by atoms with Gasteiger partial charge in [-0.05, 0) is 59.1 Å². The predicted octanol–water partition coefficient (Wildman–Crippen LogP) is 4.08. The second kappa shape index (κ2) is 7.00. The molecule has 1 saturated heterocycles. The van der Waals surface area contributed by atoms with E-state index in [-0.39, 0.29) is 24.2 Å². The summed E-state index contributed by atoms with van der Waals surface area (Å²) in [7, 11) is 1.79. The monoisotopic (exact) mass is 400 g/mol. The Morgan fingerprint density at radius 1 is 1.16 bits per heavy atom. The summed E-state index contributed by atoms with van der Waals surface area (Å²) >= 11 is 3.48. The highest BCUT2D eigenvalue weighted by atomic mass is 79.9. The topological polar surface area (TPSA) is 40.6 Å². The molecule has 0 spiro atoms. The average molecular weight is 401 g/mol. The van der Waals surface area contributed by atoms with Gasteiger partial charge >= 0.3 is 0 Å². The summed E-state index contributed by atoms with van der Waals surface area (Å²) in [6.07, 6.45) is 0.245. The number of rotatable bonds is 3. The number of amides is 2. The van der Waals surface area contributed by atoms with E-state index in [2.05, 4.69) is 15.9 Å². The molecule has 1 unspecified atom stereocenters. The molecule has 2 aromatic carbocycles. The molecule has 25 heavy (non-hydrogen) atoms. The van der Waals surface area contributed by atoms with Gasteiger partial charge < -0.3 is 9.80 Å². The summed E-state index contributed by atoms with van der Waals surface area (Å²) in [6.45, 7) is 4.46. The average Bonchev–Trinajstić information content (AvgIpc) is 2.98. The van der Waals surface area contributed by atoms with Crippen LogP contribution in [-0.4, -0.2) is 25.4 Å². The number of hydrogen-bond donors (Lipinski definition) is 0. The number of halogens is 1. The first-order chi connectivity index (χ1) is 11.9. The third-order valence-electron chi connectivity index (χ3n) is 4.89. The molecule has 0 aliphatic carbocycles. The molecule has 0 bridgehead atoms. The molecule has 3 rings (SSSR count). The van der Waals surface area contributed by atoms with Crippen LogP contribution >= 0.6 is 15.9 Å². The van der Waals surface area contributed by atoms with Crippen molar-refractivity contribution < 1.29 is 9.59 Å². The van der Waals surface area contributed by atoms with Crippen molar-refractivity contribution >= 4 is 39.1 Å². The van der Waals surface area contributed by atoms with Gasteiger partial charge in [0, 0.05) is 30.2 Å². The van der Waals surface area contributed by atoms with Crippen molar-refractivity contribution in [2.75, 3.05) is 23.4 Å². The maximum Gasteiger partial charge on any atom is 0.232 e. The van der Waals surface area contributed by atoms with Crippen LogP contribution in [0.1, 0.15) is 17.5 Å². The zero-order valence-corrected chi connectivity index (χ0v) is 16.2. The van der Waals surface area contributed by atoms with Crippen LogP contribution in [-0.2, 0) is 9.59 Å². The first kappa shape index (κ1) is 17.7. The van der Waals surface area contributed by atoms with Crippen LogP contribution in [0, 0.1) is 19.8 Å². The van der Waals surface area contributed by atoms with E-state index < -0.39 is 0 Å². The number of para-hydroxylation sites is 1. The fraction of sp³-hybridized carbons (Fsp3) is 0.300. The quantitative estimate of drug-likeness (QED) is 0.778. The first-order valence-electron chi connectivity index (χ1n) is 8.29. The maximum atomic E-state index is 13.0. The lowest BCUT2D eigenvalue weighted by atomic mass is 10.0. The molecule has 1 atom stereocenters. The Bertz CT molecular complexity index is 834. The molecule has 1 aliphatic heterocycles. The Labute approximate surface area is 156 Å². The third-order valence-corrected chi connectivity index (χ3v) is 5.56. The van der Waals surface area contributed by atoms with Gasteiger partial charge in [-0.15, -0.1) is 0 Å². The van der Waals surface area contributed by atoms with Gasteiger partial charge in [-0.2, -0.15) is 0 Å². The molecule has 2 amide bonds. The Morgan fingerprint density at radius 3 is 2.60 bits per heavy atom. The fourth-order valence-electron chi connectivity index (χ4n) is 3.27. The highest BCUT2D eigenvalue weighted by Gasteiger charge is 2.37. The van der Waals surface area contributed by atoms with E-state index in [4.69, 9.17) is 0 Å². The van der Waals surface area contributed by atoms with Crippen molar-refractivity contribution in [3.8, 4) is 0 Å². The summed E-state index contributed by atoms with van der Waals surface area (Å²) < 4.78 is 0.860. The molecule has 0 N–H and O–H groups in total. The van der Waals surface area contributed by atoms with Crippen molar-refractivity contribution in [3.63, 3.8) is 0 Å². The Kier molecular flexibility index (Phi) is 4.95. The van der Waals surface area contributed by atoms with E-state index in [0.717, 1.165) is 27.0 Å². The van der Waals surface area contributed by atoms with E-state index in [1.165, 1.54) is 0 Å². The van der Waals surface area contributed by atoms with Gasteiger partial charge in [0.1, 0.15) is 0 Å². The highest BCUT2D eigenvalue weighted by molar-refractivity contribution is 9.10. The van der Waals surface area contributed by atoms with Gasteiger partial charge in [0.05, 0.1) is 11.6 Å². The second-order valence-electron chi connectivity index (χ2n) is 6.47. The van der Waals surface area contributed by atoms with Gasteiger partial charge in [0.25, 0.3) is 0 Å². The van der Waals surface area contributed by atoms with Crippen LogP contribution in [0.2, 0.25) is 0 Å². The van der Waals surface area contributed by atoms with Crippen LogP contribution in [0.5, 0.6) is 0 Å². The molecule has 0 aromatic heterocycles. The molecule has 130 valence electrons. The fourth-order valence-corrected chi connectivity index (χ4v) is 3.77. The lowest BCUT2D eigenvalue weighted by molar-refractivity contribution is -0.124. The van der Waals surface area contributed by atoms with Crippen LogP contribution in [0.3, 0.4) is 0 Å². The number of aryl methyl sites for hydroxylation is 1. The first-order valence-corrected chi connectivity index (χ1v) is 9.08. The molecule has 5 heteroatoms. The van der Waals surface area contributed by atoms with Crippen molar-refractivity contribution in [2.24, 2.45) is 5.92 Å². The van der Waals surface area contributed by atoms with Crippen LogP contribution in [0.25, 0.3) is 0 Å². The van der Waals surface area contributed by atoms with Crippen molar-refractivity contribution in [2.45, 2.75) is 20.3 Å². The summed E-state index contributed by atoms with van der Waals surface area (Å²) in [6, 6.07) is 13.5. The minimum atomic E-state index is -0.329. The molecule has 1 fully saturated rings. The lowest BCUT2D eigenvalue weighted by Crippen LogP contribution is -2.35. The summed E-state index contributed by atoms with van der Waals surface area (Å²) in [4.78, 5) is 28.8. The van der Waals surface area contributed by atoms with Crippen molar-refractivity contribution in [1.29, 1.82) is 0 Å². The molecular weight excluding hydrogens is 380 g/mol. The number of nitrogens with zero attached hydrogens (tertiary/aromatic N) is 2. The molecule has 1 heterocycles. The number of anilines is 2. The zero-order chi connectivity index (χ0) is 18.1. The molecule has 2 aromatic rings. The third kappa shape index (κ3) is 3.33. The van der Waals surface area contributed by atoms with Crippen molar-refractivity contribution in [3.05, 3.63) is 58.1 Å². The molecule has 1 aliphatic rings. The minimum absolute atomic E-state index is 0.0142. The normalized spacial score (nSPS) is 17.0. The number of carbonyl (C=O) groups is 2. The van der Waals surface area contributed by atoms with Crippen molar-refractivity contribution in [1.82, 2.24) is 0 Å². The minimum Gasteiger partial charge on any atom is -0.315 e.